The van der Waals surface area contributed by atoms with Crippen LogP contribution >= 0.6 is 0 Å². The third-order valence-electron chi connectivity index (χ3n) is 5.17. The molecule has 0 spiro atoms. The van der Waals surface area contributed by atoms with E-state index in [1.807, 2.05) is 40.7 Å². The first kappa shape index (κ1) is 40.1. The fourth-order valence-electron chi connectivity index (χ4n) is 3.17. The van der Waals surface area contributed by atoms with E-state index in [1.165, 1.54) is 48.0 Å². The third kappa shape index (κ3) is 22.1. The van der Waals surface area contributed by atoms with Gasteiger partial charge in [0.25, 0.3) is 0 Å². The van der Waals surface area contributed by atoms with Crippen LogP contribution in [0.4, 0.5) is 0 Å². The molecule has 1 aromatic rings. The fourth-order valence-corrected chi connectivity index (χ4v) is 3.17. The van der Waals surface area contributed by atoms with E-state index in [4.69, 9.17) is 0 Å². The van der Waals surface area contributed by atoms with E-state index in [1.54, 1.807) is 0 Å². The molecule has 1 aromatic carbocycles. The van der Waals surface area contributed by atoms with Crippen LogP contribution in [-0.2, 0) is 0 Å². The van der Waals surface area contributed by atoms with Gasteiger partial charge in [-0.25, -0.2) is 0 Å². The fraction of sp³-hybridized carbons (Fsp3) is 0.543. The lowest BCUT2D eigenvalue weighted by Gasteiger charge is -2.15. The number of benzene rings is 1. The Morgan fingerprint density at radius 3 is 1.89 bits per heavy atom. The maximum Gasteiger partial charge on any atom is -0.00267 e. The summed E-state index contributed by atoms with van der Waals surface area (Å²) < 4.78 is 0. The van der Waals surface area contributed by atoms with Gasteiger partial charge in [-0.2, -0.15) is 0 Å². The van der Waals surface area contributed by atoms with E-state index in [9.17, 15) is 0 Å². The molecule has 1 rings (SSSR count). The Morgan fingerprint density at radius 2 is 1.54 bits per heavy atom. The summed E-state index contributed by atoms with van der Waals surface area (Å²) in [5.41, 5.74) is 7.48. The van der Waals surface area contributed by atoms with Gasteiger partial charge in [0, 0.05) is 0 Å². The average Bonchev–Trinajstić information content (AvgIpc) is 2.81. The second-order valence-electron chi connectivity index (χ2n) is 9.22. The van der Waals surface area contributed by atoms with Gasteiger partial charge in [0.15, 0.2) is 0 Å². The minimum absolute atomic E-state index is 0. The molecule has 0 fully saturated rings. The largest absolute Gasteiger partial charge is 0.0985 e. The van der Waals surface area contributed by atoms with Crippen LogP contribution in [0.15, 0.2) is 84.5 Å². The molecule has 0 aliphatic heterocycles. The van der Waals surface area contributed by atoms with Crippen molar-refractivity contribution < 1.29 is 0 Å². The van der Waals surface area contributed by atoms with Crippen LogP contribution in [0.1, 0.15) is 126 Å². The standard InChI is InChI=1S/C14H22.C14H20.C4H10.C2H6.CH4/c1-4-6-9-13(5-2)14-10-7-8-12(3)11-14;1-7-13(8-2)14(9-3)10-12(6)11(4)5;1-4(2)3;1-2;/h7-8,10-11,13H,4-6,9H2,1-3H3;7-9H,1,4,6,10H2,2-3,5H3;4H,1-3H3;1-2H3;1H4/b;13-8+,14-9+;;;. The van der Waals surface area contributed by atoms with Gasteiger partial charge in [-0.15, -0.1) is 0 Å². The SMILES string of the molecule is C.C=CC(=C\C)/C(=C/C)CC(=C)C(=C)C.CC.CC(C)C.CCCCC(CC)c1cccc(C)c1. The molecule has 0 amide bonds. The molecular formula is C35H62. The second kappa shape index (κ2) is 26.5. The average molecular weight is 483 g/mol. The molecule has 0 aliphatic carbocycles. The maximum atomic E-state index is 3.99. The summed E-state index contributed by atoms with van der Waals surface area (Å²) in [4.78, 5) is 0. The molecule has 35 heavy (non-hydrogen) atoms. The lowest BCUT2D eigenvalue weighted by atomic mass is 9.90. The highest BCUT2D eigenvalue weighted by molar-refractivity contribution is 5.43. The van der Waals surface area contributed by atoms with E-state index < -0.39 is 0 Å². The van der Waals surface area contributed by atoms with Gasteiger partial charge in [0.2, 0.25) is 0 Å². The quantitative estimate of drug-likeness (QED) is 0.291. The Hall–Kier alpha value is -2.08. The predicted octanol–water partition coefficient (Wildman–Crippen LogP) is 12.6. The molecule has 0 N–H and O–H groups in total. The topological polar surface area (TPSA) is 0 Å². The molecule has 0 heterocycles. The van der Waals surface area contributed by atoms with Gasteiger partial charge in [-0.1, -0.05) is 142 Å². The Kier molecular flexibility index (Phi) is 30.4. The number of hydrogen-bond donors (Lipinski definition) is 0. The Balaban J connectivity index is -0.000000219. The molecular weight excluding hydrogens is 420 g/mol. The highest BCUT2D eigenvalue weighted by Gasteiger charge is 2.08. The second-order valence-corrected chi connectivity index (χ2v) is 9.22. The molecule has 0 aromatic heterocycles. The smallest absolute Gasteiger partial charge is 0.00267 e. The van der Waals surface area contributed by atoms with Crippen LogP contribution in [0.3, 0.4) is 0 Å². The normalized spacial score (nSPS) is 11.3. The van der Waals surface area contributed by atoms with Gasteiger partial charge < -0.3 is 0 Å². The third-order valence-corrected chi connectivity index (χ3v) is 5.17. The van der Waals surface area contributed by atoms with Crippen molar-refractivity contribution in [3.63, 3.8) is 0 Å². The number of allylic oxidation sites excluding steroid dienone is 7. The monoisotopic (exact) mass is 482 g/mol. The molecule has 1 atom stereocenters. The van der Waals surface area contributed by atoms with Gasteiger partial charge >= 0.3 is 0 Å². The molecule has 1 unspecified atom stereocenters. The van der Waals surface area contributed by atoms with Crippen molar-refractivity contribution in [3.05, 3.63) is 95.6 Å². The number of hydrogen-bond acceptors (Lipinski definition) is 0. The van der Waals surface area contributed by atoms with Crippen molar-refractivity contribution in [2.24, 2.45) is 5.92 Å². The van der Waals surface area contributed by atoms with E-state index in [2.05, 4.69) is 97.7 Å². The van der Waals surface area contributed by atoms with Crippen LogP contribution in [0.5, 0.6) is 0 Å². The number of unbranched alkanes of at least 4 members (excludes halogenated alkanes) is 1. The zero-order valence-corrected chi connectivity index (χ0v) is 24.9. The Labute approximate surface area is 223 Å². The van der Waals surface area contributed by atoms with Gasteiger partial charge in [0.1, 0.15) is 0 Å². The van der Waals surface area contributed by atoms with Crippen LogP contribution < -0.4 is 0 Å². The molecule has 0 bridgehead atoms. The summed E-state index contributed by atoms with van der Waals surface area (Å²) in [6, 6.07) is 8.97. The van der Waals surface area contributed by atoms with Gasteiger partial charge in [-0.05, 0) is 81.1 Å². The lowest BCUT2D eigenvalue weighted by molar-refractivity contribution is 0.569. The van der Waals surface area contributed by atoms with Crippen molar-refractivity contribution in [2.45, 2.75) is 122 Å². The highest BCUT2D eigenvalue weighted by Crippen LogP contribution is 2.26. The van der Waals surface area contributed by atoms with E-state index in [-0.39, 0.29) is 7.43 Å². The summed E-state index contributed by atoms with van der Waals surface area (Å²) >= 11 is 0. The van der Waals surface area contributed by atoms with Crippen LogP contribution in [-0.4, -0.2) is 0 Å². The highest BCUT2D eigenvalue weighted by atomic mass is 14.1. The van der Waals surface area contributed by atoms with E-state index in [0.717, 1.165) is 29.4 Å². The van der Waals surface area contributed by atoms with Gasteiger partial charge in [0.05, 0.1) is 0 Å². The first-order valence-electron chi connectivity index (χ1n) is 13.4. The zero-order valence-electron chi connectivity index (χ0n) is 24.9. The first-order chi connectivity index (χ1) is 16.1. The zero-order chi connectivity index (χ0) is 27.1. The van der Waals surface area contributed by atoms with Crippen molar-refractivity contribution in [1.82, 2.24) is 0 Å². The predicted molar refractivity (Wildman–Crippen MR) is 169 cm³/mol. The number of aryl methyl sites for hydroxylation is 1. The van der Waals surface area contributed by atoms with Crippen LogP contribution in [0, 0.1) is 12.8 Å². The summed E-state index contributed by atoms with van der Waals surface area (Å²) in [6.07, 6.45) is 12.2. The summed E-state index contributed by atoms with van der Waals surface area (Å²) in [7, 11) is 0. The van der Waals surface area contributed by atoms with Crippen molar-refractivity contribution in [3.8, 4) is 0 Å². The summed E-state index contributed by atoms with van der Waals surface area (Å²) in [5.74, 6) is 1.61. The first-order valence-corrected chi connectivity index (χ1v) is 13.4. The number of rotatable bonds is 10. The molecule has 0 aliphatic rings. The van der Waals surface area contributed by atoms with Crippen molar-refractivity contribution in [2.75, 3.05) is 0 Å². The van der Waals surface area contributed by atoms with Crippen LogP contribution in [0.25, 0.3) is 0 Å². The summed E-state index contributed by atoms with van der Waals surface area (Å²) in [5, 5.41) is 0. The molecule has 0 heteroatoms. The summed E-state index contributed by atoms with van der Waals surface area (Å²) in [6.45, 7) is 34.9. The minimum atomic E-state index is 0. The molecule has 0 saturated carbocycles. The molecule has 202 valence electrons. The molecule has 0 saturated heterocycles. The Morgan fingerprint density at radius 1 is 1.00 bits per heavy atom. The molecule has 0 radical (unpaired) electrons. The minimum Gasteiger partial charge on any atom is -0.0985 e. The van der Waals surface area contributed by atoms with Crippen molar-refractivity contribution >= 4 is 0 Å². The van der Waals surface area contributed by atoms with Gasteiger partial charge in [-0.3, -0.25) is 0 Å². The lowest BCUT2D eigenvalue weighted by Crippen LogP contribution is -1.97. The van der Waals surface area contributed by atoms with E-state index in [0.29, 0.717) is 0 Å². The molecule has 0 nitrogen and oxygen atoms in total. The van der Waals surface area contributed by atoms with Crippen LogP contribution in [0.2, 0.25) is 0 Å². The van der Waals surface area contributed by atoms with E-state index >= 15 is 0 Å². The van der Waals surface area contributed by atoms with Crippen molar-refractivity contribution in [1.29, 1.82) is 0 Å². The maximum absolute atomic E-state index is 3.99. The Bertz CT molecular complexity index is 721.